The second-order valence-electron chi connectivity index (χ2n) is 6.70. The number of anilines is 1. The molecule has 1 aliphatic carbocycles. The summed E-state index contributed by atoms with van der Waals surface area (Å²) in [5.74, 6) is -0.907. The molecule has 1 heterocycles. The number of carbonyl (C=O) groups excluding carboxylic acids is 4. The molecule has 3 rings (SSSR count). The molecule has 2 aliphatic rings. The van der Waals surface area contributed by atoms with E-state index in [1.165, 1.54) is 13.8 Å². The Bertz CT molecular complexity index is 752. The van der Waals surface area contributed by atoms with Crippen molar-refractivity contribution in [3.05, 3.63) is 29.8 Å². The first-order valence-electron chi connectivity index (χ1n) is 8.42. The minimum Gasteiger partial charge on any atom is -0.324 e. The Morgan fingerprint density at radius 1 is 1.24 bits per heavy atom. The number of amides is 4. The van der Waals surface area contributed by atoms with Gasteiger partial charge in [0.25, 0.3) is 5.91 Å². The lowest BCUT2D eigenvalue weighted by atomic mass is 9.97. The van der Waals surface area contributed by atoms with E-state index >= 15 is 0 Å². The molecule has 132 valence electrons. The first kappa shape index (κ1) is 17.1. The van der Waals surface area contributed by atoms with Crippen molar-refractivity contribution in [2.24, 2.45) is 0 Å². The molecule has 7 nitrogen and oxygen atoms in total. The minimum absolute atomic E-state index is 0.110. The summed E-state index contributed by atoms with van der Waals surface area (Å²) in [5, 5.41) is 5.43. The number of hydrogen-bond donors (Lipinski definition) is 2. The van der Waals surface area contributed by atoms with Crippen LogP contribution in [0, 0.1) is 0 Å². The molecule has 1 aromatic rings. The van der Waals surface area contributed by atoms with Crippen molar-refractivity contribution < 1.29 is 19.2 Å². The topological polar surface area (TPSA) is 95.6 Å². The second-order valence-corrected chi connectivity index (χ2v) is 6.70. The molecule has 0 bridgehead atoms. The van der Waals surface area contributed by atoms with Gasteiger partial charge in [0.15, 0.2) is 5.78 Å². The first-order chi connectivity index (χ1) is 11.8. The fourth-order valence-corrected chi connectivity index (χ4v) is 3.49. The van der Waals surface area contributed by atoms with Crippen LogP contribution in [0.1, 0.15) is 49.9 Å². The standard InChI is InChI=1S/C18H21N3O4/c1-11(15(23)19-14-7-5-6-13(10-14)12(2)22)21-16(24)18(20-17(21)25)8-3-4-9-18/h5-7,10-11H,3-4,8-9H2,1-2H3,(H,19,23)(H,20,25)/t11-/m0/s1. The van der Waals surface area contributed by atoms with E-state index in [1.807, 2.05) is 0 Å². The smallest absolute Gasteiger partial charge is 0.324 e. The zero-order valence-electron chi connectivity index (χ0n) is 14.3. The fraction of sp³-hybridized carbons (Fsp3) is 0.444. The first-order valence-corrected chi connectivity index (χ1v) is 8.42. The van der Waals surface area contributed by atoms with Gasteiger partial charge in [-0.3, -0.25) is 14.4 Å². The molecule has 1 atom stereocenters. The van der Waals surface area contributed by atoms with E-state index in [0.717, 1.165) is 17.7 Å². The average Bonchev–Trinajstić information content (AvgIpc) is 3.13. The highest BCUT2D eigenvalue weighted by Crippen LogP contribution is 2.35. The Labute approximate surface area is 145 Å². The highest BCUT2D eigenvalue weighted by molar-refractivity contribution is 6.11. The lowest BCUT2D eigenvalue weighted by molar-refractivity contribution is -0.136. The van der Waals surface area contributed by atoms with Crippen molar-refractivity contribution in [2.45, 2.75) is 51.1 Å². The van der Waals surface area contributed by atoms with Crippen molar-refractivity contribution in [1.82, 2.24) is 10.2 Å². The van der Waals surface area contributed by atoms with Crippen LogP contribution in [-0.4, -0.2) is 40.1 Å². The van der Waals surface area contributed by atoms with Crippen LogP contribution in [-0.2, 0) is 9.59 Å². The van der Waals surface area contributed by atoms with Crippen LogP contribution >= 0.6 is 0 Å². The number of urea groups is 1. The van der Waals surface area contributed by atoms with Gasteiger partial charge >= 0.3 is 6.03 Å². The van der Waals surface area contributed by atoms with Crippen molar-refractivity contribution in [2.75, 3.05) is 5.32 Å². The Morgan fingerprint density at radius 3 is 2.56 bits per heavy atom. The molecule has 0 unspecified atom stereocenters. The molecule has 2 N–H and O–H groups in total. The largest absolute Gasteiger partial charge is 0.325 e. The Morgan fingerprint density at radius 2 is 1.92 bits per heavy atom. The number of nitrogens with one attached hydrogen (secondary N) is 2. The van der Waals surface area contributed by atoms with Gasteiger partial charge in [-0.25, -0.2) is 9.69 Å². The zero-order valence-corrected chi connectivity index (χ0v) is 14.3. The summed E-state index contributed by atoms with van der Waals surface area (Å²) in [5.41, 5.74) is 0.0951. The summed E-state index contributed by atoms with van der Waals surface area (Å²) in [6.45, 7) is 2.97. The lowest BCUT2D eigenvalue weighted by Crippen LogP contribution is -2.48. The highest BCUT2D eigenvalue weighted by atomic mass is 16.2. The predicted molar refractivity (Wildman–Crippen MR) is 91.1 cm³/mol. The third-order valence-electron chi connectivity index (χ3n) is 4.95. The summed E-state index contributed by atoms with van der Waals surface area (Å²) in [6.07, 6.45) is 3.00. The van der Waals surface area contributed by atoms with E-state index in [0.29, 0.717) is 24.1 Å². The fourth-order valence-electron chi connectivity index (χ4n) is 3.49. The normalized spacial score (nSPS) is 19.8. The van der Waals surface area contributed by atoms with Crippen LogP contribution in [0.25, 0.3) is 0 Å². The molecule has 1 aromatic carbocycles. The third-order valence-corrected chi connectivity index (χ3v) is 4.95. The van der Waals surface area contributed by atoms with Crippen molar-refractivity contribution >= 4 is 29.3 Å². The third kappa shape index (κ3) is 3.01. The van der Waals surface area contributed by atoms with Gasteiger partial charge in [0.2, 0.25) is 5.91 Å². The highest BCUT2D eigenvalue weighted by Gasteiger charge is 2.54. The maximum atomic E-state index is 12.7. The van der Waals surface area contributed by atoms with Gasteiger partial charge in [-0.2, -0.15) is 0 Å². The van der Waals surface area contributed by atoms with Gasteiger partial charge in [0.05, 0.1) is 0 Å². The van der Waals surface area contributed by atoms with Crippen molar-refractivity contribution in [3.8, 4) is 0 Å². The van der Waals surface area contributed by atoms with Crippen LogP contribution in [0.15, 0.2) is 24.3 Å². The molecular weight excluding hydrogens is 322 g/mol. The van der Waals surface area contributed by atoms with Gasteiger partial charge in [0, 0.05) is 11.3 Å². The van der Waals surface area contributed by atoms with Gasteiger partial charge in [-0.05, 0) is 38.8 Å². The molecule has 1 spiro atoms. The van der Waals surface area contributed by atoms with Crippen LogP contribution in [0.2, 0.25) is 0 Å². The minimum atomic E-state index is -0.937. The molecule has 4 amide bonds. The summed E-state index contributed by atoms with van der Waals surface area (Å²) < 4.78 is 0. The maximum absolute atomic E-state index is 12.7. The maximum Gasteiger partial charge on any atom is 0.325 e. The molecule has 1 saturated heterocycles. The van der Waals surface area contributed by atoms with Gasteiger partial charge in [0.1, 0.15) is 11.6 Å². The van der Waals surface area contributed by atoms with Gasteiger partial charge < -0.3 is 10.6 Å². The van der Waals surface area contributed by atoms with Crippen molar-refractivity contribution in [1.29, 1.82) is 0 Å². The average molecular weight is 343 g/mol. The van der Waals surface area contributed by atoms with E-state index in [9.17, 15) is 19.2 Å². The second kappa shape index (κ2) is 6.31. The van der Waals surface area contributed by atoms with Gasteiger partial charge in [-0.15, -0.1) is 0 Å². The number of benzene rings is 1. The van der Waals surface area contributed by atoms with Crippen LogP contribution in [0.3, 0.4) is 0 Å². The Hall–Kier alpha value is -2.70. The zero-order chi connectivity index (χ0) is 18.2. The SMILES string of the molecule is CC(=O)c1cccc(NC(=O)[C@H](C)N2C(=O)NC3(CCCC3)C2=O)c1. The van der Waals surface area contributed by atoms with E-state index < -0.39 is 23.5 Å². The summed E-state index contributed by atoms with van der Waals surface area (Å²) in [6, 6.07) is 5.08. The van der Waals surface area contributed by atoms with E-state index in [4.69, 9.17) is 0 Å². The van der Waals surface area contributed by atoms with E-state index in [-0.39, 0.29) is 11.7 Å². The van der Waals surface area contributed by atoms with Crippen LogP contribution < -0.4 is 10.6 Å². The molecule has 0 aromatic heterocycles. The molecule has 0 radical (unpaired) electrons. The molecular formula is C18H21N3O4. The van der Waals surface area contributed by atoms with Gasteiger partial charge in [-0.1, -0.05) is 25.0 Å². The molecule has 25 heavy (non-hydrogen) atoms. The monoisotopic (exact) mass is 343 g/mol. The Balaban J connectivity index is 1.74. The van der Waals surface area contributed by atoms with E-state index in [1.54, 1.807) is 24.3 Å². The molecule has 1 aliphatic heterocycles. The molecule has 2 fully saturated rings. The Kier molecular flexibility index (Phi) is 4.32. The van der Waals surface area contributed by atoms with E-state index in [2.05, 4.69) is 10.6 Å². The number of ketones is 1. The quantitative estimate of drug-likeness (QED) is 0.646. The number of rotatable bonds is 4. The molecule has 7 heteroatoms. The number of nitrogens with zero attached hydrogens (tertiary/aromatic N) is 1. The summed E-state index contributed by atoms with van der Waals surface area (Å²) >= 11 is 0. The number of carbonyl (C=O) groups is 4. The predicted octanol–water partition coefficient (Wildman–Crippen LogP) is 2.08. The number of Topliss-reactive ketones (excluding diaryl/α,β-unsaturated/α-hetero) is 1. The summed E-state index contributed by atoms with van der Waals surface area (Å²) in [7, 11) is 0. The molecule has 1 saturated carbocycles. The summed E-state index contributed by atoms with van der Waals surface area (Å²) in [4.78, 5) is 49.9. The van der Waals surface area contributed by atoms with Crippen molar-refractivity contribution in [3.63, 3.8) is 0 Å². The number of imide groups is 1. The van der Waals surface area contributed by atoms with Crippen LogP contribution in [0.5, 0.6) is 0 Å². The lowest BCUT2D eigenvalue weighted by Gasteiger charge is -2.23. The van der Waals surface area contributed by atoms with Crippen LogP contribution in [0.4, 0.5) is 10.5 Å². The number of hydrogen-bond acceptors (Lipinski definition) is 4.